The molecule has 0 radical (unpaired) electrons. The minimum Gasteiger partial charge on any atom is -0.314 e. The normalized spacial score (nSPS) is 19.3. The van der Waals surface area contributed by atoms with Crippen molar-refractivity contribution >= 4 is 0 Å². The molecule has 1 saturated carbocycles. The number of rotatable bonds is 6. The van der Waals surface area contributed by atoms with E-state index in [0.717, 1.165) is 12.2 Å². The highest BCUT2D eigenvalue weighted by atomic mass is 15.3. The van der Waals surface area contributed by atoms with E-state index in [1.807, 2.05) is 4.68 Å². The molecule has 96 valence electrons. The van der Waals surface area contributed by atoms with E-state index in [2.05, 4.69) is 44.3 Å². The number of nitrogens with zero attached hydrogens (tertiary/aromatic N) is 2. The molecule has 0 amide bonds. The highest BCUT2D eigenvalue weighted by Gasteiger charge is 2.47. The van der Waals surface area contributed by atoms with E-state index in [1.165, 1.54) is 31.4 Å². The molecular formula is C14H25N3. The summed E-state index contributed by atoms with van der Waals surface area (Å²) in [6.07, 6.45) is 5.09. The largest absolute Gasteiger partial charge is 0.314 e. The summed E-state index contributed by atoms with van der Waals surface area (Å²) in [4.78, 5) is 0. The van der Waals surface area contributed by atoms with Gasteiger partial charge in [-0.25, -0.2) is 0 Å². The number of nitrogens with one attached hydrogen (secondary N) is 1. The summed E-state index contributed by atoms with van der Waals surface area (Å²) in [5.74, 6) is 0. The predicted octanol–water partition coefficient (Wildman–Crippen LogP) is 2.44. The molecule has 0 aliphatic heterocycles. The zero-order valence-corrected chi connectivity index (χ0v) is 11.6. The Labute approximate surface area is 105 Å². The Morgan fingerprint density at radius 1 is 1.53 bits per heavy atom. The monoisotopic (exact) mass is 235 g/mol. The molecule has 1 atom stereocenters. The number of hydrogen-bond donors (Lipinski definition) is 1. The van der Waals surface area contributed by atoms with Crippen LogP contribution in [0.5, 0.6) is 0 Å². The first kappa shape index (κ1) is 12.6. The van der Waals surface area contributed by atoms with Crippen LogP contribution in [0, 0.1) is 12.3 Å². The van der Waals surface area contributed by atoms with Gasteiger partial charge in [-0.15, -0.1) is 0 Å². The van der Waals surface area contributed by atoms with E-state index in [9.17, 15) is 0 Å². The van der Waals surface area contributed by atoms with Gasteiger partial charge in [0.15, 0.2) is 0 Å². The number of hydrogen-bond acceptors (Lipinski definition) is 2. The van der Waals surface area contributed by atoms with Gasteiger partial charge in [-0.05, 0) is 57.6 Å². The lowest BCUT2D eigenvalue weighted by Crippen LogP contribution is -2.36. The lowest BCUT2D eigenvalue weighted by atomic mass is 9.92. The van der Waals surface area contributed by atoms with E-state index < -0.39 is 0 Å². The van der Waals surface area contributed by atoms with Crippen molar-refractivity contribution in [3.8, 4) is 0 Å². The van der Waals surface area contributed by atoms with E-state index in [1.54, 1.807) is 0 Å². The summed E-state index contributed by atoms with van der Waals surface area (Å²) in [6, 6.07) is 2.85. The van der Waals surface area contributed by atoms with Crippen molar-refractivity contribution in [1.82, 2.24) is 15.1 Å². The molecule has 1 aliphatic rings. The van der Waals surface area contributed by atoms with Crippen molar-refractivity contribution in [3.05, 3.63) is 17.5 Å². The van der Waals surface area contributed by atoms with Gasteiger partial charge in [0, 0.05) is 18.8 Å². The molecule has 1 aromatic rings. The molecule has 1 fully saturated rings. The molecule has 17 heavy (non-hydrogen) atoms. The maximum absolute atomic E-state index is 4.44. The summed E-state index contributed by atoms with van der Waals surface area (Å²) >= 11 is 0. The quantitative estimate of drug-likeness (QED) is 0.821. The van der Waals surface area contributed by atoms with Gasteiger partial charge in [-0.1, -0.05) is 6.92 Å². The molecule has 1 N–H and O–H groups in total. The molecule has 3 heteroatoms. The Kier molecular flexibility index (Phi) is 3.57. The molecule has 1 unspecified atom stereocenters. The standard InChI is InChI=1S/C14H25N3/c1-5-8-15-12(3)14(6-7-14)10-13-9-11(2)16-17(13)4/h9,12,15H,5-8,10H2,1-4H3. The second-order valence-electron chi connectivity index (χ2n) is 5.62. The second-order valence-corrected chi connectivity index (χ2v) is 5.62. The van der Waals surface area contributed by atoms with Crippen LogP contribution in [0.4, 0.5) is 0 Å². The van der Waals surface area contributed by atoms with Crippen molar-refractivity contribution in [1.29, 1.82) is 0 Å². The summed E-state index contributed by atoms with van der Waals surface area (Å²) < 4.78 is 2.04. The second kappa shape index (κ2) is 4.81. The van der Waals surface area contributed by atoms with Crippen molar-refractivity contribution in [2.24, 2.45) is 12.5 Å². The number of aromatic nitrogens is 2. The van der Waals surface area contributed by atoms with E-state index in [0.29, 0.717) is 11.5 Å². The Bertz CT molecular complexity index is 377. The fourth-order valence-electron chi connectivity index (χ4n) is 2.69. The molecule has 0 saturated heterocycles. The van der Waals surface area contributed by atoms with Crippen molar-refractivity contribution < 1.29 is 0 Å². The summed E-state index contributed by atoms with van der Waals surface area (Å²) in [6.45, 7) is 7.77. The Balaban J connectivity index is 2.00. The summed E-state index contributed by atoms with van der Waals surface area (Å²) in [5.41, 5.74) is 3.01. The Morgan fingerprint density at radius 3 is 2.71 bits per heavy atom. The van der Waals surface area contributed by atoms with Crippen LogP contribution >= 0.6 is 0 Å². The Hall–Kier alpha value is -0.830. The van der Waals surface area contributed by atoms with Gasteiger partial charge >= 0.3 is 0 Å². The zero-order chi connectivity index (χ0) is 12.5. The fraction of sp³-hybridized carbons (Fsp3) is 0.786. The molecule has 1 aliphatic carbocycles. The zero-order valence-electron chi connectivity index (χ0n) is 11.6. The van der Waals surface area contributed by atoms with Crippen LogP contribution in [0.25, 0.3) is 0 Å². The topological polar surface area (TPSA) is 29.9 Å². The Morgan fingerprint density at radius 2 is 2.24 bits per heavy atom. The van der Waals surface area contributed by atoms with E-state index in [4.69, 9.17) is 0 Å². The SMILES string of the molecule is CCCNC(C)C1(Cc2cc(C)nn2C)CC1. The van der Waals surface area contributed by atoms with Crippen molar-refractivity contribution in [2.45, 2.75) is 52.5 Å². The van der Waals surface area contributed by atoms with Crippen molar-refractivity contribution in [2.75, 3.05) is 6.54 Å². The third kappa shape index (κ3) is 2.71. The van der Waals surface area contributed by atoms with Crippen LogP contribution in [0.15, 0.2) is 6.07 Å². The van der Waals surface area contributed by atoms with Gasteiger partial charge in [0.05, 0.1) is 5.69 Å². The molecule has 2 rings (SSSR count). The van der Waals surface area contributed by atoms with Crippen LogP contribution in [0.3, 0.4) is 0 Å². The first-order valence-electron chi connectivity index (χ1n) is 6.80. The van der Waals surface area contributed by atoms with Crippen LogP contribution in [-0.2, 0) is 13.5 Å². The highest BCUT2D eigenvalue weighted by Crippen LogP contribution is 2.51. The summed E-state index contributed by atoms with van der Waals surface area (Å²) in [7, 11) is 2.06. The average molecular weight is 235 g/mol. The highest BCUT2D eigenvalue weighted by molar-refractivity contribution is 5.15. The van der Waals surface area contributed by atoms with Gasteiger partial charge in [-0.3, -0.25) is 4.68 Å². The van der Waals surface area contributed by atoms with Gasteiger partial charge < -0.3 is 5.32 Å². The molecule has 1 heterocycles. The molecule has 0 spiro atoms. The first-order valence-corrected chi connectivity index (χ1v) is 6.80. The van der Waals surface area contributed by atoms with Gasteiger partial charge in [-0.2, -0.15) is 5.10 Å². The summed E-state index contributed by atoms with van der Waals surface area (Å²) in [5, 5.41) is 8.09. The first-order chi connectivity index (χ1) is 8.07. The maximum Gasteiger partial charge on any atom is 0.0596 e. The third-order valence-corrected chi connectivity index (χ3v) is 4.14. The molecule has 0 aromatic carbocycles. The van der Waals surface area contributed by atoms with Crippen LogP contribution in [-0.4, -0.2) is 22.4 Å². The predicted molar refractivity (Wildman–Crippen MR) is 71.1 cm³/mol. The fourth-order valence-corrected chi connectivity index (χ4v) is 2.69. The van der Waals surface area contributed by atoms with E-state index >= 15 is 0 Å². The minimum absolute atomic E-state index is 0.495. The van der Waals surface area contributed by atoms with Gasteiger partial charge in [0.25, 0.3) is 0 Å². The number of aryl methyl sites for hydroxylation is 2. The minimum atomic E-state index is 0.495. The third-order valence-electron chi connectivity index (χ3n) is 4.14. The average Bonchev–Trinajstić information content (AvgIpc) is 2.99. The molecule has 3 nitrogen and oxygen atoms in total. The maximum atomic E-state index is 4.44. The van der Waals surface area contributed by atoms with Crippen LogP contribution in [0.2, 0.25) is 0 Å². The van der Waals surface area contributed by atoms with Crippen LogP contribution in [0.1, 0.15) is 44.5 Å². The van der Waals surface area contributed by atoms with Crippen LogP contribution < -0.4 is 5.32 Å². The van der Waals surface area contributed by atoms with Crippen molar-refractivity contribution in [3.63, 3.8) is 0 Å². The van der Waals surface area contributed by atoms with Gasteiger partial charge in [0.2, 0.25) is 0 Å². The molecule has 0 bridgehead atoms. The molecule has 1 aromatic heterocycles. The van der Waals surface area contributed by atoms with E-state index in [-0.39, 0.29) is 0 Å². The smallest absolute Gasteiger partial charge is 0.0596 e. The lowest BCUT2D eigenvalue weighted by molar-refractivity contribution is 0.343. The van der Waals surface area contributed by atoms with Gasteiger partial charge in [0.1, 0.15) is 0 Å². The molecular weight excluding hydrogens is 210 g/mol. The lowest BCUT2D eigenvalue weighted by Gasteiger charge is -2.24.